The zero-order valence-corrected chi connectivity index (χ0v) is 8.05. The van der Waals surface area contributed by atoms with Crippen LogP contribution in [0.4, 0.5) is 0 Å². The average Bonchev–Trinajstić information content (AvgIpc) is 2.01. The highest BCUT2D eigenvalue weighted by molar-refractivity contribution is 6.31. The monoisotopic (exact) mass is 200 g/mol. The van der Waals surface area contributed by atoms with Crippen LogP contribution in [0.1, 0.15) is 15.9 Å². The summed E-state index contributed by atoms with van der Waals surface area (Å²) in [6.45, 7) is 1.68. The Kier molecular flexibility index (Phi) is 2.78. The van der Waals surface area contributed by atoms with Crippen LogP contribution in [0.3, 0.4) is 0 Å². The van der Waals surface area contributed by atoms with Crippen molar-refractivity contribution in [3.8, 4) is 5.75 Å². The first kappa shape index (κ1) is 9.86. The van der Waals surface area contributed by atoms with Gasteiger partial charge in [-0.2, -0.15) is 0 Å². The van der Waals surface area contributed by atoms with E-state index < -0.39 is 5.97 Å². The number of halogens is 1. The Hall–Kier alpha value is -1.22. The first-order valence-corrected chi connectivity index (χ1v) is 4.01. The topological polar surface area (TPSA) is 46.5 Å². The molecule has 0 saturated heterocycles. The van der Waals surface area contributed by atoms with Gasteiger partial charge in [-0.05, 0) is 24.6 Å². The first-order chi connectivity index (χ1) is 6.06. The second-order valence-corrected chi connectivity index (χ2v) is 3.04. The quantitative estimate of drug-likeness (QED) is 0.797. The number of aromatic carboxylic acids is 1. The van der Waals surface area contributed by atoms with Gasteiger partial charge in [-0.1, -0.05) is 11.6 Å². The van der Waals surface area contributed by atoms with Crippen molar-refractivity contribution in [2.24, 2.45) is 0 Å². The fourth-order valence-corrected chi connectivity index (χ4v) is 1.41. The minimum Gasteiger partial charge on any atom is -0.496 e. The van der Waals surface area contributed by atoms with E-state index in [2.05, 4.69) is 0 Å². The highest BCUT2D eigenvalue weighted by Gasteiger charge is 2.14. The van der Waals surface area contributed by atoms with Crippen LogP contribution in [0.25, 0.3) is 0 Å². The lowest BCUT2D eigenvalue weighted by atomic mass is 10.1. The molecule has 0 radical (unpaired) electrons. The predicted octanol–water partition coefficient (Wildman–Crippen LogP) is 2.36. The van der Waals surface area contributed by atoms with Gasteiger partial charge in [0.15, 0.2) is 0 Å². The van der Waals surface area contributed by atoms with Gasteiger partial charge in [0.1, 0.15) is 11.3 Å². The highest BCUT2D eigenvalue weighted by Crippen LogP contribution is 2.26. The standard InChI is InChI=1S/C9H9ClO3/c1-5-3-6(10)4-7(13-2)8(5)9(11)12/h3-4H,1-2H3,(H,11,12). The Morgan fingerprint density at radius 1 is 1.54 bits per heavy atom. The molecule has 0 fully saturated rings. The number of methoxy groups -OCH3 is 1. The lowest BCUT2D eigenvalue weighted by molar-refractivity contribution is 0.0692. The Bertz CT molecular complexity index is 347. The number of hydrogen-bond acceptors (Lipinski definition) is 2. The van der Waals surface area contributed by atoms with Crippen molar-refractivity contribution in [3.63, 3.8) is 0 Å². The number of carboxylic acids is 1. The Morgan fingerprint density at radius 2 is 2.15 bits per heavy atom. The zero-order chi connectivity index (χ0) is 10.0. The minimum atomic E-state index is -1.01. The van der Waals surface area contributed by atoms with E-state index in [-0.39, 0.29) is 11.3 Å². The molecule has 3 nitrogen and oxygen atoms in total. The van der Waals surface area contributed by atoms with Crippen LogP contribution in [0, 0.1) is 6.92 Å². The highest BCUT2D eigenvalue weighted by atomic mass is 35.5. The van der Waals surface area contributed by atoms with Gasteiger partial charge >= 0.3 is 5.97 Å². The molecule has 1 aromatic rings. The zero-order valence-electron chi connectivity index (χ0n) is 7.30. The van der Waals surface area contributed by atoms with Gasteiger partial charge in [0, 0.05) is 5.02 Å². The van der Waals surface area contributed by atoms with Crippen molar-refractivity contribution in [2.75, 3.05) is 7.11 Å². The van der Waals surface area contributed by atoms with Crippen LogP contribution in [0.15, 0.2) is 12.1 Å². The number of carboxylic acid groups (broad SMARTS) is 1. The molecule has 0 bridgehead atoms. The lowest BCUT2D eigenvalue weighted by Gasteiger charge is -2.07. The first-order valence-electron chi connectivity index (χ1n) is 3.63. The fourth-order valence-electron chi connectivity index (χ4n) is 1.15. The third-order valence-corrected chi connectivity index (χ3v) is 1.92. The van der Waals surface area contributed by atoms with Gasteiger partial charge in [0.05, 0.1) is 7.11 Å². The van der Waals surface area contributed by atoms with Gasteiger partial charge in [0.25, 0.3) is 0 Å². The van der Waals surface area contributed by atoms with Crippen LogP contribution >= 0.6 is 11.6 Å². The maximum absolute atomic E-state index is 10.8. The second-order valence-electron chi connectivity index (χ2n) is 2.61. The molecular weight excluding hydrogens is 192 g/mol. The van der Waals surface area contributed by atoms with Crippen molar-refractivity contribution in [1.29, 1.82) is 0 Å². The predicted molar refractivity (Wildman–Crippen MR) is 49.7 cm³/mol. The molecule has 13 heavy (non-hydrogen) atoms. The Balaban J connectivity index is 3.38. The van der Waals surface area contributed by atoms with E-state index in [4.69, 9.17) is 21.4 Å². The van der Waals surface area contributed by atoms with E-state index in [1.54, 1.807) is 13.0 Å². The summed E-state index contributed by atoms with van der Waals surface area (Å²) >= 11 is 5.73. The summed E-state index contributed by atoms with van der Waals surface area (Å²) in [5.41, 5.74) is 0.753. The summed E-state index contributed by atoms with van der Waals surface area (Å²) in [7, 11) is 1.41. The van der Waals surface area contributed by atoms with E-state index in [0.29, 0.717) is 10.6 Å². The summed E-state index contributed by atoms with van der Waals surface area (Å²) in [6.07, 6.45) is 0. The van der Waals surface area contributed by atoms with Crippen LogP contribution in [-0.4, -0.2) is 18.2 Å². The number of benzene rings is 1. The molecule has 0 saturated carbocycles. The number of rotatable bonds is 2. The third-order valence-electron chi connectivity index (χ3n) is 1.70. The molecule has 1 N–H and O–H groups in total. The van der Waals surface area contributed by atoms with Crippen LogP contribution in [0.5, 0.6) is 5.75 Å². The van der Waals surface area contributed by atoms with Crippen molar-refractivity contribution in [1.82, 2.24) is 0 Å². The molecule has 4 heteroatoms. The number of aryl methyl sites for hydroxylation is 1. The molecule has 70 valence electrons. The smallest absolute Gasteiger partial charge is 0.339 e. The van der Waals surface area contributed by atoms with E-state index in [0.717, 1.165) is 0 Å². The van der Waals surface area contributed by atoms with Gasteiger partial charge < -0.3 is 9.84 Å². The van der Waals surface area contributed by atoms with E-state index in [1.165, 1.54) is 13.2 Å². The largest absolute Gasteiger partial charge is 0.496 e. The third kappa shape index (κ3) is 1.92. The maximum atomic E-state index is 10.8. The summed E-state index contributed by atoms with van der Waals surface area (Å²) in [6, 6.07) is 3.07. The number of ether oxygens (including phenoxy) is 1. The van der Waals surface area contributed by atoms with Crippen molar-refractivity contribution in [3.05, 3.63) is 28.3 Å². The summed E-state index contributed by atoms with van der Waals surface area (Å²) in [5, 5.41) is 9.32. The Morgan fingerprint density at radius 3 is 2.62 bits per heavy atom. The summed E-state index contributed by atoms with van der Waals surface area (Å²) in [4.78, 5) is 10.8. The van der Waals surface area contributed by atoms with E-state index >= 15 is 0 Å². The summed E-state index contributed by atoms with van der Waals surface area (Å²) < 4.78 is 4.90. The van der Waals surface area contributed by atoms with Gasteiger partial charge in [-0.3, -0.25) is 0 Å². The van der Waals surface area contributed by atoms with Gasteiger partial charge in [0.2, 0.25) is 0 Å². The molecule has 0 aliphatic heterocycles. The molecule has 0 heterocycles. The molecule has 0 spiro atoms. The molecule has 1 rings (SSSR count). The van der Waals surface area contributed by atoms with Crippen molar-refractivity contribution < 1.29 is 14.6 Å². The molecule has 0 aliphatic rings. The van der Waals surface area contributed by atoms with E-state index in [1.807, 2.05) is 0 Å². The lowest BCUT2D eigenvalue weighted by Crippen LogP contribution is -2.03. The second kappa shape index (κ2) is 3.66. The fraction of sp³-hybridized carbons (Fsp3) is 0.222. The molecule has 0 aliphatic carbocycles. The average molecular weight is 201 g/mol. The number of hydrogen-bond donors (Lipinski definition) is 1. The molecule has 1 aromatic carbocycles. The van der Waals surface area contributed by atoms with Crippen molar-refractivity contribution in [2.45, 2.75) is 6.92 Å². The normalized spacial score (nSPS) is 9.77. The Labute approximate surface area is 80.9 Å². The SMILES string of the molecule is COc1cc(Cl)cc(C)c1C(=O)O. The molecule has 0 unspecified atom stereocenters. The molecular formula is C9H9ClO3. The van der Waals surface area contributed by atoms with Gasteiger partial charge in [-0.15, -0.1) is 0 Å². The van der Waals surface area contributed by atoms with E-state index in [9.17, 15) is 4.79 Å². The van der Waals surface area contributed by atoms with Crippen LogP contribution in [0.2, 0.25) is 5.02 Å². The van der Waals surface area contributed by atoms with Gasteiger partial charge in [-0.25, -0.2) is 4.79 Å². The van der Waals surface area contributed by atoms with Crippen molar-refractivity contribution >= 4 is 17.6 Å². The minimum absolute atomic E-state index is 0.159. The number of carbonyl (C=O) groups is 1. The maximum Gasteiger partial charge on any atom is 0.339 e. The molecule has 0 aromatic heterocycles. The molecule has 0 atom stereocenters. The van der Waals surface area contributed by atoms with Crippen LogP contribution in [-0.2, 0) is 0 Å². The molecule has 0 amide bonds. The summed E-state index contributed by atoms with van der Waals surface area (Å²) in [5.74, 6) is -0.719. The van der Waals surface area contributed by atoms with Crippen LogP contribution < -0.4 is 4.74 Å².